The molecule has 0 saturated carbocycles. The SMILES string of the molecule is c1cc2ccc1CCCc1ccc(cc1)C(C1CCc3ccc(cc3)CCCc3ccc1cc3)CC2. The standard InChI is InChI=1S/C36H38/c1-3-27-7-11-31(12-8-27)19-25-35(33-21-15-29(5-1)16-22-33)36-26-20-32-13-9-28(10-14-32)4-2-6-30-17-23-34(36)24-18-30/h7-18,21-24,35-36H,1-6,19-20,25-26H2. The Labute approximate surface area is 217 Å². The van der Waals surface area contributed by atoms with E-state index >= 15 is 0 Å². The van der Waals surface area contributed by atoms with Crippen LogP contribution < -0.4 is 0 Å². The topological polar surface area (TPSA) is 0 Å². The largest absolute Gasteiger partial charge is 0.0588 e. The van der Waals surface area contributed by atoms with Crippen LogP contribution in [0.5, 0.6) is 0 Å². The summed E-state index contributed by atoms with van der Waals surface area (Å²) < 4.78 is 0. The summed E-state index contributed by atoms with van der Waals surface area (Å²) in [7, 11) is 0. The molecule has 182 valence electrons. The molecule has 0 spiro atoms. The summed E-state index contributed by atoms with van der Waals surface area (Å²) in [5.41, 5.74) is 11.9. The highest BCUT2D eigenvalue weighted by Crippen LogP contribution is 2.40. The fourth-order valence-electron chi connectivity index (χ4n) is 6.45. The van der Waals surface area contributed by atoms with E-state index in [9.17, 15) is 0 Å². The van der Waals surface area contributed by atoms with E-state index in [1.807, 2.05) is 0 Å². The molecule has 36 heavy (non-hydrogen) atoms. The van der Waals surface area contributed by atoms with Crippen LogP contribution in [0.4, 0.5) is 0 Å². The molecule has 0 aliphatic heterocycles. The highest BCUT2D eigenvalue weighted by molar-refractivity contribution is 5.34. The van der Waals surface area contributed by atoms with Crippen LogP contribution >= 0.6 is 0 Å². The Bertz CT molecular complexity index is 1140. The van der Waals surface area contributed by atoms with E-state index < -0.39 is 0 Å². The zero-order valence-corrected chi connectivity index (χ0v) is 21.5. The highest BCUT2D eigenvalue weighted by atomic mass is 14.3. The second-order valence-electron chi connectivity index (χ2n) is 11.1. The molecule has 0 aromatic heterocycles. The van der Waals surface area contributed by atoms with Gasteiger partial charge < -0.3 is 0 Å². The molecular weight excluding hydrogens is 432 g/mol. The predicted octanol–water partition coefficient (Wildman–Crippen LogP) is 8.80. The smallest absolute Gasteiger partial charge is 0.00898 e. The maximum absolute atomic E-state index is 2.45. The molecule has 0 nitrogen and oxygen atoms in total. The lowest BCUT2D eigenvalue weighted by Gasteiger charge is -2.29. The molecule has 0 heteroatoms. The predicted molar refractivity (Wildman–Crippen MR) is 152 cm³/mol. The van der Waals surface area contributed by atoms with Crippen LogP contribution in [0, 0.1) is 0 Å². The average molecular weight is 471 g/mol. The molecule has 0 saturated heterocycles. The maximum Gasteiger partial charge on any atom is -0.00898 e. The van der Waals surface area contributed by atoms with Gasteiger partial charge in [0.15, 0.2) is 0 Å². The Hall–Kier alpha value is -3.12. The number of rotatable bonds is 1. The van der Waals surface area contributed by atoms with Crippen molar-refractivity contribution in [2.45, 2.75) is 76.0 Å². The van der Waals surface area contributed by atoms with Gasteiger partial charge in [0, 0.05) is 0 Å². The Morgan fingerprint density at radius 2 is 0.556 bits per heavy atom. The molecule has 8 bridgehead atoms. The number of hydrogen-bond acceptors (Lipinski definition) is 0. The van der Waals surface area contributed by atoms with Gasteiger partial charge in [0.05, 0.1) is 0 Å². The van der Waals surface area contributed by atoms with Crippen molar-refractivity contribution in [1.82, 2.24) is 0 Å². The fraction of sp³-hybridized carbons (Fsp3) is 0.333. The number of aryl methyl sites for hydroxylation is 6. The van der Waals surface area contributed by atoms with Gasteiger partial charge in [-0.3, -0.25) is 0 Å². The van der Waals surface area contributed by atoms with Gasteiger partial charge in [-0.2, -0.15) is 0 Å². The van der Waals surface area contributed by atoms with Crippen LogP contribution in [0.3, 0.4) is 0 Å². The van der Waals surface area contributed by atoms with Crippen molar-refractivity contribution in [2.75, 3.05) is 0 Å². The van der Waals surface area contributed by atoms with Gasteiger partial charge in [-0.1, -0.05) is 97.1 Å². The van der Waals surface area contributed by atoms with Crippen molar-refractivity contribution in [3.05, 3.63) is 142 Å². The summed E-state index contributed by atoms with van der Waals surface area (Å²) in [4.78, 5) is 0. The molecule has 8 aliphatic carbocycles. The Balaban J connectivity index is 1.37. The van der Waals surface area contributed by atoms with Gasteiger partial charge in [-0.05, 0) is 121 Å². The van der Waals surface area contributed by atoms with E-state index in [0.29, 0.717) is 11.8 Å². The monoisotopic (exact) mass is 470 g/mol. The fourth-order valence-corrected chi connectivity index (χ4v) is 6.45. The third-order valence-corrected chi connectivity index (χ3v) is 8.70. The normalized spacial score (nSPS) is 20.2. The van der Waals surface area contributed by atoms with Crippen LogP contribution in [-0.4, -0.2) is 0 Å². The van der Waals surface area contributed by atoms with Crippen LogP contribution in [-0.2, 0) is 38.5 Å². The molecule has 0 heterocycles. The Kier molecular flexibility index (Phi) is 7.03. The summed E-state index contributed by atoms with van der Waals surface area (Å²) in [6, 6.07) is 38.4. The quantitative estimate of drug-likeness (QED) is 0.261. The molecule has 4 aromatic carbocycles. The van der Waals surface area contributed by atoms with Crippen molar-refractivity contribution < 1.29 is 0 Å². The summed E-state index contributed by atoms with van der Waals surface area (Å²) in [6.07, 6.45) is 11.7. The van der Waals surface area contributed by atoms with Crippen molar-refractivity contribution in [3.63, 3.8) is 0 Å². The van der Waals surface area contributed by atoms with Gasteiger partial charge in [0.1, 0.15) is 0 Å². The number of hydrogen-bond donors (Lipinski definition) is 0. The number of benzene rings is 4. The minimum absolute atomic E-state index is 0.514. The Morgan fingerprint density at radius 1 is 0.306 bits per heavy atom. The third-order valence-electron chi connectivity index (χ3n) is 8.70. The van der Waals surface area contributed by atoms with Crippen molar-refractivity contribution >= 4 is 0 Å². The average Bonchev–Trinajstić information content (AvgIpc) is 2.93. The summed E-state index contributed by atoms with van der Waals surface area (Å²) in [6.45, 7) is 0. The molecule has 2 unspecified atom stereocenters. The molecule has 0 N–H and O–H groups in total. The first-order valence-corrected chi connectivity index (χ1v) is 14.1. The van der Waals surface area contributed by atoms with E-state index in [0.717, 1.165) is 25.7 Å². The lowest BCUT2D eigenvalue weighted by molar-refractivity contribution is 0.476. The maximum atomic E-state index is 2.45. The molecular formula is C36H38. The van der Waals surface area contributed by atoms with E-state index in [1.54, 1.807) is 0 Å². The molecule has 0 radical (unpaired) electrons. The van der Waals surface area contributed by atoms with Gasteiger partial charge in [-0.15, -0.1) is 0 Å². The second kappa shape index (κ2) is 10.9. The minimum Gasteiger partial charge on any atom is -0.0588 e. The lowest BCUT2D eigenvalue weighted by atomic mass is 9.75. The van der Waals surface area contributed by atoms with Crippen LogP contribution in [0.25, 0.3) is 0 Å². The first-order valence-electron chi connectivity index (χ1n) is 14.1. The van der Waals surface area contributed by atoms with E-state index in [4.69, 9.17) is 0 Å². The second-order valence-corrected chi connectivity index (χ2v) is 11.1. The first-order chi connectivity index (χ1) is 17.8. The highest BCUT2D eigenvalue weighted by Gasteiger charge is 2.25. The van der Waals surface area contributed by atoms with Gasteiger partial charge in [0.2, 0.25) is 0 Å². The summed E-state index contributed by atoms with van der Waals surface area (Å²) in [5, 5.41) is 0. The minimum atomic E-state index is 0.514. The van der Waals surface area contributed by atoms with Gasteiger partial charge in [0.25, 0.3) is 0 Å². The molecule has 4 aromatic rings. The first kappa shape index (κ1) is 23.3. The summed E-state index contributed by atoms with van der Waals surface area (Å²) >= 11 is 0. The zero-order valence-electron chi connectivity index (χ0n) is 21.5. The van der Waals surface area contributed by atoms with Crippen LogP contribution in [0.2, 0.25) is 0 Å². The molecule has 12 rings (SSSR count). The van der Waals surface area contributed by atoms with E-state index in [1.165, 1.54) is 83.0 Å². The summed E-state index contributed by atoms with van der Waals surface area (Å²) in [5.74, 6) is 1.03. The van der Waals surface area contributed by atoms with Crippen LogP contribution in [0.15, 0.2) is 97.1 Å². The molecule has 2 atom stereocenters. The zero-order chi connectivity index (χ0) is 24.2. The van der Waals surface area contributed by atoms with Gasteiger partial charge in [-0.25, -0.2) is 0 Å². The molecule has 0 amide bonds. The lowest BCUT2D eigenvalue weighted by Crippen LogP contribution is -2.15. The third kappa shape index (κ3) is 5.49. The van der Waals surface area contributed by atoms with E-state index in [-0.39, 0.29) is 0 Å². The molecule has 8 aliphatic rings. The van der Waals surface area contributed by atoms with E-state index in [2.05, 4.69) is 97.1 Å². The Morgan fingerprint density at radius 3 is 0.861 bits per heavy atom. The van der Waals surface area contributed by atoms with Crippen molar-refractivity contribution in [1.29, 1.82) is 0 Å². The molecule has 0 fully saturated rings. The van der Waals surface area contributed by atoms with Gasteiger partial charge >= 0.3 is 0 Å². The van der Waals surface area contributed by atoms with Crippen molar-refractivity contribution in [2.24, 2.45) is 0 Å². The van der Waals surface area contributed by atoms with Crippen molar-refractivity contribution in [3.8, 4) is 0 Å². The van der Waals surface area contributed by atoms with Crippen LogP contribution in [0.1, 0.15) is 82.0 Å².